The molecule has 3 N–H and O–H groups in total. The maximum atomic E-state index is 12.5. The van der Waals surface area contributed by atoms with Crippen LogP contribution in [0.5, 0.6) is 0 Å². The number of carbonyl (C=O) groups excluding carboxylic acids is 1. The van der Waals surface area contributed by atoms with E-state index in [1.54, 1.807) is 0 Å². The number of hydrogen-bond acceptors (Lipinski definition) is 3. The van der Waals surface area contributed by atoms with Gasteiger partial charge in [0.1, 0.15) is 5.92 Å². The van der Waals surface area contributed by atoms with Gasteiger partial charge in [-0.1, -0.05) is 18.2 Å². The number of ether oxygens (including phenoxy) is 1. The maximum Gasteiger partial charge on any atom is 0.311 e. The second-order valence-electron chi connectivity index (χ2n) is 5.23. The van der Waals surface area contributed by atoms with Crippen LogP contribution in [0.1, 0.15) is 16.1 Å². The molecule has 2 unspecified atom stereocenters. The van der Waals surface area contributed by atoms with Crippen LogP contribution in [0.25, 0.3) is 10.9 Å². The molecule has 2 atom stereocenters. The van der Waals surface area contributed by atoms with Gasteiger partial charge >= 0.3 is 5.97 Å². The Bertz CT molecular complexity index is 707. The fourth-order valence-corrected chi connectivity index (χ4v) is 2.75. The molecule has 2 heterocycles. The molecule has 1 aromatic heterocycles. The van der Waals surface area contributed by atoms with Crippen LogP contribution >= 0.6 is 0 Å². The topological polar surface area (TPSA) is 91.4 Å². The Labute approximate surface area is 121 Å². The summed E-state index contributed by atoms with van der Waals surface area (Å²) >= 11 is 0. The van der Waals surface area contributed by atoms with Crippen molar-refractivity contribution in [2.24, 2.45) is 5.92 Å². The van der Waals surface area contributed by atoms with Gasteiger partial charge in [-0.3, -0.25) is 9.59 Å². The molecule has 3 rings (SSSR count). The lowest BCUT2D eigenvalue weighted by molar-refractivity contribution is -0.142. The van der Waals surface area contributed by atoms with Crippen molar-refractivity contribution in [2.45, 2.75) is 13.0 Å². The minimum atomic E-state index is -0.951. The van der Waals surface area contributed by atoms with E-state index in [0.717, 1.165) is 16.6 Å². The number of fused-ring (bicyclic) bond motifs is 1. The summed E-state index contributed by atoms with van der Waals surface area (Å²) in [5.41, 5.74) is 2.21. The van der Waals surface area contributed by atoms with E-state index < -0.39 is 17.9 Å². The highest BCUT2D eigenvalue weighted by Crippen LogP contribution is 2.22. The van der Waals surface area contributed by atoms with E-state index in [9.17, 15) is 9.59 Å². The van der Waals surface area contributed by atoms with E-state index >= 15 is 0 Å². The third-order valence-electron chi connectivity index (χ3n) is 3.83. The van der Waals surface area contributed by atoms with Crippen molar-refractivity contribution >= 4 is 22.8 Å². The number of aryl methyl sites for hydroxylation is 1. The number of hydrogen-bond donors (Lipinski definition) is 3. The molecule has 1 aliphatic heterocycles. The van der Waals surface area contributed by atoms with Crippen molar-refractivity contribution in [3.63, 3.8) is 0 Å². The average molecular weight is 288 g/mol. The number of carboxylic acids is 1. The van der Waals surface area contributed by atoms with Gasteiger partial charge in [-0.05, 0) is 13.0 Å². The van der Waals surface area contributed by atoms with Crippen molar-refractivity contribution in [2.75, 3.05) is 13.2 Å². The second kappa shape index (κ2) is 5.21. The molecule has 21 heavy (non-hydrogen) atoms. The predicted octanol–water partition coefficient (Wildman–Crippen LogP) is 1.31. The zero-order valence-electron chi connectivity index (χ0n) is 11.6. The van der Waals surface area contributed by atoms with Gasteiger partial charge < -0.3 is 20.1 Å². The summed E-state index contributed by atoms with van der Waals surface area (Å²) in [6.45, 7) is 2.19. The number of para-hydroxylation sites is 1. The van der Waals surface area contributed by atoms with Crippen LogP contribution < -0.4 is 5.32 Å². The molecule has 6 heteroatoms. The number of aromatic amines is 1. The molecule has 0 aliphatic carbocycles. The first kappa shape index (κ1) is 13.6. The molecule has 1 fully saturated rings. The highest BCUT2D eigenvalue weighted by Gasteiger charge is 2.35. The minimum Gasteiger partial charge on any atom is -0.481 e. The number of carbonyl (C=O) groups is 2. The zero-order chi connectivity index (χ0) is 15.0. The van der Waals surface area contributed by atoms with E-state index in [0.29, 0.717) is 5.56 Å². The van der Waals surface area contributed by atoms with Crippen molar-refractivity contribution < 1.29 is 19.4 Å². The first-order chi connectivity index (χ1) is 10.1. The zero-order valence-corrected chi connectivity index (χ0v) is 11.6. The van der Waals surface area contributed by atoms with Gasteiger partial charge in [-0.25, -0.2) is 0 Å². The smallest absolute Gasteiger partial charge is 0.311 e. The van der Waals surface area contributed by atoms with E-state index in [4.69, 9.17) is 9.84 Å². The highest BCUT2D eigenvalue weighted by atomic mass is 16.5. The largest absolute Gasteiger partial charge is 0.481 e. The number of benzene rings is 1. The molecular weight excluding hydrogens is 272 g/mol. The number of amides is 1. The number of H-pyrrole nitrogens is 1. The third-order valence-corrected chi connectivity index (χ3v) is 3.83. The number of aromatic nitrogens is 1. The summed E-state index contributed by atoms with van der Waals surface area (Å²) < 4.78 is 5.16. The van der Waals surface area contributed by atoms with Gasteiger partial charge in [0.05, 0.1) is 24.8 Å². The van der Waals surface area contributed by atoms with Crippen LogP contribution in [0.2, 0.25) is 0 Å². The Morgan fingerprint density at radius 2 is 2.10 bits per heavy atom. The van der Waals surface area contributed by atoms with E-state index in [1.165, 1.54) is 0 Å². The molecule has 1 amide bonds. The SMILES string of the molecule is Cc1[nH]c2ccccc2c1C(=O)NC1COCC1C(=O)O. The summed E-state index contributed by atoms with van der Waals surface area (Å²) in [4.78, 5) is 26.8. The number of aliphatic carboxylic acids is 1. The van der Waals surface area contributed by atoms with Crippen LogP contribution in [0.15, 0.2) is 24.3 Å². The van der Waals surface area contributed by atoms with Crippen LogP contribution in [-0.2, 0) is 9.53 Å². The quantitative estimate of drug-likeness (QED) is 0.794. The molecule has 6 nitrogen and oxygen atoms in total. The average Bonchev–Trinajstić information content (AvgIpc) is 3.01. The monoisotopic (exact) mass is 288 g/mol. The molecule has 110 valence electrons. The molecule has 0 saturated carbocycles. The standard InChI is InChI=1S/C15H16N2O4/c1-8-13(9-4-2-3-5-11(9)16-8)14(18)17-12-7-21-6-10(12)15(19)20/h2-5,10,12,16H,6-7H2,1H3,(H,17,18)(H,19,20). The van der Waals surface area contributed by atoms with Crippen LogP contribution in [0, 0.1) is 12.8 Å². The Morgan fingerprint density at radius 1 is 1.33 bits per heavy atom. The molecule has 1 aromatic carbocycles. The molecule has 0 bridgehead atoms. The van der Waals surface area contributed by atoms with Crippen molar-refractivity contribution in [1.82, 2.24) is 10.3 Å². The van der Waals surface area contributed by atoms with E-state index in [1.807, 2.05) is 31.2 Å². The lowest BCUT2D eigenvalue weighted by Crippen LogP contribution is -2.42. The van der Waals surface area contributed by atoms with Gasteiger partial charge in [-0.2, -0.15) is 0 Å². The summed E-state index contributed by atoms with van der Waals surface area (Å²) in [5, 5.41) is 12.7. The summed E-state index contributed by atoms with van der Waals surface area (Å²) in [6, 6.07) is 7.03. The lowest BCUT2D eigenvalue weighted by Gasteiger charge is -2.15. The number of rotatable bonds is 3. The second-order valence-corrected chi connectivity index (χ2v) is 5.23. The Balaban J connectivity index is 1.87. The first-order valence-electron chi connectivity index (χ1n) is 6.76. The van der Waals surface area contributed by atoms with Crippen LogP contribution in [0.4, 0.5) is 0 Å². The maximum absolute atomic E-state index is 12.5. The summed E-state index contributed by atoms with van der Waals surface area (Å²) in [5.74, 6) is -1.92. The molecule has 0 radical (unpaired) electrons. The van der Waals surface area contributed by atoms with Crippen molar-refractivity contribution in [1.29, 1.82) is 0 Å². The van der Waals surface area contributed by atoms with Gasteiger partial charge in [-0.15, -0.1) is 0 Å². The summed E-state index contributed by atoms with van der Waals surface area (Å²) in [7, 11) is 0. The normalized spacial score (nSPS) is 21.6. The van der Waals surface area contributed by atoms with Gasteiger partial charge in [0.25, 0.3) is 5.91 Å². The van der Waals surface area contributed by atoms with Crippen LogP contribution in [0.3, 0.4) is 0 Å². The van der Waals surface area contributed by atoms with Gasteiger partial charge in [0.2, 0.25) is 0 Å². The van der Waals surface area contributed by atoms with E-state index in [2.05, 4.69) is 10.3 Å². The lowest BCUT2D eigenvalue weighted by atomic mass is 10.0. The van der Waals surface area contributed by atoms with Crippen molar-refractivity contribution in [3.05, 3.63) is 35.5 Å². The fraction of sp³-hybridized carbons (Fsp3) is 0.333. The molecular formula is C15H16N2O4. The Morgan fingerprint density at radius 3 is 2.86 bits per heavy atom. The van der Waals surface area contributed by atoms with Gasteiger partial charge in [0.15, 0.2) is 0 Å². The fourth-order valence-electron chi connectivity index (χ4n) is 2.75. The molecule has 0 spiro atoms. The minimum absolute atomic E-state index is 0.132. The highest BCUT2D eigenvalue weighted by molar-refractivity contribution is 6.08. The van der Waals surface area contributed by atoms with Crippen LogP contribution in [-0.4, -0.2) is 41.2 Å². The molecule has 2 aromatic rings. The van der Waals surface area contributed by atoms with E-state index in [-0.39, 0.29) is 19.1 Å². The predicted molar refractivity (Wildman–Crippen MR) is 76.2 cm³/mol. The third kappa shape index (κ3) is 2.38. The molecule has 1 saturated heterocycles. The molecule has 1 aliphatic rings. The number of nitrogens with one attached hydrogen (secondary N) is 2. The first-order valence-corrected chi connectivity index (χ1v) is 6.76. The summed E-state index contributed by atoms with van der Waals surface area (Å²) in [6.07, 6.45) is 0. The Hall–Kier alpha value is -2.34. The van der Waals surface area contributed by atoms with Crippen molar-refractivity contribution in [3.8, 4) is 0 Å². The number of carboxylic acid groups (broad SMARTS) is 1. The Kier molecular flexibility index (Phi) is 3.39. The van der Waals surface area contributed by atoms with Gasteiger partial charge in [0, 0.05) is 16.6 Å².